The van der Waals surface area contributed by atoms with Crippen LogP contribution in [0.1, 0.15) is 25.8 Å². The number of hydrogen-bond donors (Lipinski definition) is 3. The maximum absolute atomic E-state index is 10.9. The molecule has 0 saturated heterocycles. The normalized spacial score (nSPS) is 12.0. The van der Waals surface area contributed by atoms with Gasteiger partial charge in [0, 0.05) is 29.4 Å². The SMILES string of the molecule is C=C(NSNCCC)/C(=C(\N=C/C)OCC(=O)O)c1ccc(Br)cc1. The van der Waals surface area contributed by atoms with Gasteiger partial charge in [-0.1, -0.05) is 41.6 Å². The summed E-state index contributed by atoms with van der Waals surface area (Å²) in [5, 5.41) is 8.90. The van der Waals surface area contributed by atoms with Gasteiger partial charge in [0.2, 0.25) is 5.88 Å². The van der Waals surface area contributed by atoms with Gasteiger partial charge in [-0.25, -0.2) is 14.5 Å². The third-order valence-corrected chi connectivity index (χ3v) is 4.05. The van der Waals surface area contributed by atoms with Gasteiger partial charge in [-0.15, -0.1) is 0 Å². The molecule has 0 aromatic heterocycles. The first-order chi connectivity index (χ1) is 12.0. The van der Waals surface area contributed by atoms with Crippen LogP contribution in [0, 0.1) is 0 Å². The van der Waals surface area contributed by atoms with Gasteiger partial charge in [0.05, 0.1) is 11.3 Å². The number of hydrogen-bond acceptors (Lipinski definition) is 6. The predicted molar refractivity (Wildman–Crippen MR) is 107 cm³/mol. The van der Waals surface area contributed by atoms with Gasteiger partial charge in [0.15, 0.2) is 6.61 Å². The fourth-order valence-electron chi connectivity index (χ4n) is 1.77. The molecule has 3 N–H and O–H groups in total. The van der Waals surface area contributed by atoms with Crippen LogP contribution in [-0.2, 0) is 9.53 Å². The predicted octanol–water partition coefficient (Wildman–Crippen LogP) is 3.98. The topological polar surface area (TPSA) is 83.0 Å². The number of rotatable bonds is 11. The maximum Gasteiger partial charge on any atom is 0.341 e. The average molecular weight is 428 g/mol. The van der Waals surface area contributed by atoms with Crippen LogP contribution in [-0.4, -0.2) is 30.4 Å². The Morgan fingerprint density at radius 3 is 2.68 bits per heavy atom. The highest BCUT2D eigenvalue weighted by Gasteiger charge is 2.15. The zero-order chi connectivity index (χ0) is 18.7. The lowest BCUT2D eigenvalue weighted by Crippen LogP contribution is -2.16. The molecule has 0 amide bonds. The van der Waals surface area contributed by atoms with Crippen molar-refractivity contribution in [2.24, 2.45) is 4.99 Å². The summed E-state index contributed by atoms with van der Waals surface area (Å²) in [6.07, 6.45) is 2.55. The van der Waals surface area contributed by atoms with Crippen molar-refractivity contribution in [3.8, 4) is 0 Å². The minimum atomic E-state index is -1.07. The first-order valence-corrected chi connectivity index (χ1v) is 9.28. The highest BCUT2D eigenvalue weighted by Crippen LogP contribution is 2.28. The Hall–Kier alpha value is -1.77. The summed E-state index contributed by atoms with van der Waals surface area (Å²) in [6.45, 7) is 8.20. The Morgan fingerprint density at radius 1 is 1.44 bits per heavy atom. The van der Waals surface area contributed by atoms with E-state index in [9.17, 15) is 4.79 Å². The van der Waals surface area contributed by atoms with Crippen molar-refractivity contribution in [1.29, 1.82) is 0 Å². The van der Waals surface area contributed by atoms with Gasteiger partial charge < -0.3 is 14.6 Å². The lowest BCUT2D eigenvalue weighted by Gasteiger charge is -2.16. The molecule has 1 aromatic carbocycles. The number of carboxylic acids is 1. The quantitative estimate of drug-likeness (QED) is 0.163. The van der Waals surface area contributed by atoms with E-state index in [1.54, 1.807) is 13.1 Å². The minimum absolute atomic E-state index is 0.195. The summed E-state index contributed by atoms with van der Waals surface area (Å²) in [7, 11) is 0. The smallest absolute Gasteiger partial charge is 0.341 e. The summed E-state index contributed by atoms with van der Waals surface area (Å²) in [5.74, 6) is -0.877. The van der Waals surface area contributed by atoms with E-state index in [0.29, 0.717) is 11.3 Å². The fourth-order valence-corrected chi connectivity index (χ4v) is 2.63. The van der Waals surface area contributed by atoms with Crippen LogP contribution in [0.25, 0.3) is 5.57 Å². The van der Waals surface area contributed by atoms with E-state index in [0.717, 1.165) is 23.0 Å². The van der Waals surface area contributed by atoms with Crippen LogP contribution >= 0.6 is 28.1 Å². The standard InChI is InChI=1S/C17H22BrN3O3S/c1-4-10-20-25-21-12(3)16(13-6-8-14(18)9-7-13)17(19-5-2)24-11-15(22)23/h5-9,20-21H,3-4,10-11H2,1-2H3,(H,22,23)/b17-16-,19-5-. The van der Waals surface area contributed by atoms with E-state index >= 15 is 0 Å². The van der Waals surface area contributed by atoms with Gasteiger partial charge in [-0.05, 0) is 31.0 Å². The molecule has 0 bridgehead atoms. The van der Waals surface area contributed by atoms with Crippen LogP contribution in [0.5, 0.6) is 0 Å². The summed E-state index contributed by atoms with van der Waals surface area (Å²) in [5.41, 5.74) is 1.96. The molecule has 0 radical (unpaired) electrons. The number of aliphatic carboxylic acids is 1. The number of carboxylic acid groups (broad SMARTS) is 1. The molecule has 0 aliphatic rings. The van der Waals surface area contributed by atoms with Gasteiger partial charge >= 0.3 is 5.97 Å². The van der Waals surface area contributed by atoms with E-state index in [1.807, 2.05) is 24.3 Å². The van der Waals surface area contributed by atoms with Crippen LogP contribution < -0.4 is 9.44 Å². The molecule has 0 saturated carbocycles. The first-order valence-electron chi connectivity index (χ1n) is 7.67. The zero-order valence-corrected chi connectivity index (χ0v) is 16.6. The molecule has 0 heterocycles. The van der Waals surface area contributed by atoms with Gasteiger partial charge in [-0.3, -0.25) is 0 Å². The molecule has 25 heavy (non-hydrogen) atoms. The molecule has 0 fully saturated rings. The molecule has 1 rings (SSSR count). The number of ether oxygens (including phenoxy) is 1. The minimum Gasteiger partial charge on any atom is -0.479 e. The number of allylic oxidation sites excluding steroid dienone is 1. The lowest BCUT2D eigenvalue weighted by atomic mass is 10.0. The molecule has 0 unspecified atom stereocenters. The molecule has 0 spiro atoms. The van der Waals surface area contributed by atoms with E-state index < -0.39 is 12.6 Å². The molecule has 1 aromatic rings. The lowest BCUT2D eigenvalue weighted by molar-refractivity contribution is -0.140. The molecule has 0 aliphatic carbocycles. The van der Waals surface area contributed by atoms with E-state index in [4.69, 9.17) is 9.84 Å². The zero-order valence-electron chi connectivity index (χ0n) is 14.2. The van der Waals surface area contributed by atoms with Crippen molar-refractivity contribution < 1.29 is 14.6 Å². The van der Waals surface area contributed by atoms with Crippen molar-refractivity contribution in [3.63, 3.8) is 0 Å². The van der Waals surface area contributed by atoms with Crippen molar-refractivity contribution in [2.45, 2.75) is 20.3 Å². The van der Waals surface area contributed by atoms with Gasteiger partial charge in [0.1, 0.15) is 0 Å². The highest BCUT2D eigenvalue weighted by molar-refractivity contribution is 9.10. The second-order valence-corrected chi connectivity index (χ2v) is 6.45. The maximum atomic E-state index is 10.9. The Morgan fingerprint density at radius 2 is 2.12 bits per heavy atom. The van der Waals surface area contributed by atoms with Crippen molar-refractivity contribution in [1.82, 2.24) is 9.44 Å². The molecule has 136 valence electrons. The Bertz CT molecular complexity index is 645. The second kappa shape index (κ2) is 11.7. The summed E-state index contributed by atoms with van der Waals surface area (Å²) in [6, 6.07) is 7.53. The van der Waals surface area contributed by atoms with Crippen LogP contribution in [0.2, 0.25) is 0 Å². The molecule has 0 atom stereocenters. The first kappa shape index (κ1) is 21.3. The molecule has 8 heteroatoms. The third kappa shape index (κ3) is 7.76. The fraction of sp³-hybridized carbons (Fsp3) is 0.294. The molecular formula is C17H22BrN3O3S. The summed E-state index contributed by atoms with van der Waals surface area (Å²) in [4.78, 5) is 15.1. The van der Waals surface area contributed by atoms with E-state index in [1.165, 1.54) is 12.1 Å². The average Bonchev–Trinajstić information content (AvgIpc) is 2.58. The number of nitrogens with one attached hydrogen (secondary N) is 2. The largest absolute Gasteiger partial charge is 0.479 e. The number of carbonyl (C=O) groups is 1. The number of halogens is 1. The monoisotopic (exact) mass is 427 g/mol. The summed E-state index contributed by atoms with van der Waals surface area (Å²) < 4.78 is 12.6. The Kier molecular flexibility index (Phi) is 9.98. The Balaban J connectivity index is 3.18. The number of aliphatic imine (C=N–C) groups is 1. The van der Waals surface area contributed by atoms with E-state index in [-0.39, 0.29) is 5.88 Å². The molecule has 0 aliphatic heterocycles. The van der Waals surface area contributed by atoms with Crippen LogP contribution in [0.3, 0.4) is 0 Å². The Labute approximate surface area is 160 Å². The van der Waals surface area contributed by atoms with Crippen molar-refractivity contribution in [3.05, 3.63) is 52.5 Å². The number of nitrogens with zero attached hydrogens (tertiary/aromatic N) is 1. The summed E-state index contributed by atoms with van der Waals surface area (Å²) >= 11 is 4.71. The van der Waals surface area contributed by atoms with Gasteiger partial charge in [-0.2, -0.15) is 0 Å². The molecule has 6 nitrogen and oxygen atoms in total. The highest BCUT2D eigenvalue weighted by atomic mass is 79.9. The van der Waals surface area contributed by atoms with E-state index in [2.05, 4.69) is 43.9 Å². The number of benzene rings is 1. The van der Waals surface area contributed by atoms with Crippen molar-refractivity contribution >= 4 is 45.8 Å². The van der Waals surface area contributed by atoms with Crippen LogP contribution in [0.15, 0.2) is 51.9 Å². The second-order valence-electron chi connectivity index (χ2n) is 4.83. The van der Waals surface area contributed by atoms with Crippen molar-refractivity contribution in [2.75, 3.05) is 13.2 Å². The van der Waals surface area contributed by atoms with Crippen LogP contribution in [0.4, 0.5) is 0 Å². The molecular weight excluding hydrogens is 406 g/mol. The third-order valence-electron chi connectivity index (χ3n) is 2.83. The van der Waals surface area contributed by atoms with Gasteiger partial charge in [0.25, 0.3) is 0 Å².